The lowest BCUT2D eigenvalue weighted by Crippen LogP contribution is -2.25. The minimum Gasteiger partial charge on any atom is -0.507 e. The van der Waals surface area contributed by atoms with Gasteiger partial charge >= 0.3 is 0 Å². The average molecular weight is 250 g/mol. The van der Waals surface area contributed by atoms with Crippen molar-refractivity contribution in [1.29, 1.82) is 0 Å². The van der Waals surface area contributed by atoms with Crippen molar-refractivity contribution in [2.75, 3.05) is 13.1 Å². The predicted octanol–water partition coefficient (Wildman–Crippen LogP) is 0.176. The molecule has 1 amide bonds. The summed E-state index contributed by atoms with van der Waals surface area (Å²) in [4.78, 5) is 15.5. The number of hydrogen-bond acceptors (Lipinski definition) is 3. The number of rotatable bonds is 6. The normalized spacial score (nSPS) is 9.78. The van der Waals surface area contributed by atoms with Gasteiger partial charge in [-0.15, -0.1) is 0 Å². The van der Waals surface area contributed by atoms with Crippen LogP contribution in [0.5, 0.6) is 5.75 Å². The molecule has 0 heterocycles. The van der Waals surface area contributed by atoms with E-state index >= 15 is 0 Å². The lowest BCUT2D eigenvalue weighted by molar-refractivity contribution is 0.0950. The monoisotopic (exact) mass is 250 g/mol. The van der Waals surface area contributed by atoms with Crippen LogP contribution in [0.2, 0.25) is 0 Å². The van der Waals surface area contributed by atoms with Crippen LogP contribution < -0.4 is 16.8 Å². The summed E-state index contributed by atoms with van der Waals surface area (Å²) in [6, 6.07) is 6.42. The molecule has 6 N–H and O–H groups in total. The Morgan fingerprint density at radius 3 is 2.67 bits per heavy atom. The van der Waals surface area contributed by atoms with Crippen LogP contribution in [-0.2, 0) is 0 Å². The van der Waals surface area contributed by atoms with Gasteiger partial charge in [0.25, 0.3) is 5.91 Å². The first-order valence-corrected chi connectivity index (χ1v) is 5.73. The number of benzene rings is 1. The van der Waals surface area contributed by atoms with Crippen molar-refractivity contribution in [3.05, 3.63) is 29.8 Å². The maximum absolute atomic E-state index is 11.7. The molecule has 0 aliphatic carbocycles. The Bertz CT molecular complexity index is 428. The molecule has 98 valence electrons. The smallest absolute Gasteiger partial charge is 0.255 e. The van der Waals surface area contributed by atoms with E-state index in [9.17, 15) is 9.90 Å². The van der Waals surface area contributed by atoms with E-state index in [2.05, 4.69) is 10.3 Å². The molecule has 0 saturated heterocycles. The van der Waals surface area contributed by atoms with E-state index in [0.717, 1.165) is 12.8 Å². The zero-order chi connectivity index (χ0) is 13.4. The molecule has 0 aliphatic rings. The van der Waals surface area contributed by atoms with Crippen LogP contribution >= 0.6 is 0 Å². The number of para-hydroxylation sites is 1. The molecule has 1 aromatic carbocycles. The molecule has 1 aromatic rings. The van der Waals surface area contributed by atoms with Crippen molar-refractivity contribution in [3.8, 4) is 5.75 Å². The SMILES string of the molecule is NC(N)=NCCCCNC(=O)c1ccccc1O. The highest BCUT2D eigenvalue weighted by atomic mass is 16.3. The number of aliphatic imine (C=N–C) groups is 1. The van der Waals surface area contributed by atoms with Crippen LogP contribution in [0.3, 0.4) is 0 Å². The van der Waals surface area contributed by atoms with Gasteiger partial charge in [-0.3, -0.25) is 9.79 Å². The number of carbonyl (C=O) groups excluding carboxylic acids is 1. The number of amides is 1. The maximum Gasteiger partial charge on any atom is 0.255 e. The molecule has 1 rings (SSSR count). The third-order valence-electron chi connectivity index (χ3n) is 2.31. The van der Waals surface area contributed by atoms with E-state index in [0.29, 0.717) is 13.1 Å². The summed E-state index contributed by atoms with van der Waals surface area (Å²) in [5, 5.41) is 12.2. The van der Waals surface area contributed by atoms with Crippen molar-refractivity contribution in [3.63, 3.8) is 0 Å². The molecule has 0 radical (unpaired) electrons. The number of guanidine groups is 1. The highest BCUT2D eigenvalue weighted by molar-refractivity contribution is 5.96. The van der Waals surface area contributed by atoms with Gasteiger partial charge in [0.1, 0.15) is 5.75 Å². The van der Waals surface area contributed by atoms with Gasteiger partial charge in [0.2, 0.25) is 0 Å². The van der Waals surface area contributed by atoms with Crippen molar-refractivity contribution in [1.82, 2.24) is 5.32 Å². The van der Waals surface area contributed by atoms with Gasteiger partial charge in [0.15, 0.2) is 5.96 Å². The summed E-state index contributed by atoms with van der Waals surface area (Å²) < 4.78 is 0. The molecule has 6 heteroatoms. The fraction of sp³-hybridized carbons (Fsp3) is 0.333. The van der Waals surface area contributed by atoms with Crippen LogP contribution in [0.4, 0.5) is 0 Å². The van der Waals surface area contributed by atoms with Gasteiger partial charge in [-0.2, -0.15) is 0 Å². The van der Waals surface area contributed by atoms with E-state index in [-0.39, 0.29) is 23.2 Å². The van der Waals surface area contributed by atoms with Crippen molar-refractivity contribution < 1.29 is 9.90 Å². The number of carbonyl (C=O) groups is 1. The molecular weight excluding hydrogens is 232 g/mol. The average Bonchev–Trinajstić information content (AvgIpc) is 2.33. The summed E-state index contributed by atoms with van der Waals surface area (Å²) in [5.74, 6) is -0.223. The highest BCUT2D eigenvalue weighted by Crippen LogP contribution is 2.14. The van der Waals surface area contributed by atoms with E-state index in [1.807, 2.05) is 0 Å². The molecule has 0 aromatic heterocycles. The van der Waals surface area contributed by atoms with Crippen molar-refractivity contribution in [2.24, 2.45) is 16.5 Å². The second-order valence-electron chi connectivity index (χ2n) is 3.79. The summed E-state index contributed by atoms with van der Waals surface area (Å²) in [6.45, 7) is 1.07. The molecule has 0 atom stereocenters. The van der Waals surface area contributed by atoms with Gasteiger partial charge in [-0.25, -0.2) is 0 Å². The Kier molecular flexibility index (Phi) is 5.50. The minimum absolute atomic E-state index is 0.0181. The third kappa shape index (κ3) is 4.73. The summed E-state index contributed by atoms with van der Waals surface area (Å²) in [6.07, 6.45) is 1.56. The number of nitrogens with one attached hydrogen (secondary N) is 1. The third-order valence-corrected chi connectivity index (χ3v) is 2.31. The Morgan fingerprint density at radius 2 is 2.00 bits per heavy atom. The molecule has 0 spiro atoms. The van der Waals surface area contributed by atoms with Gasteiger partial charge < -0.3 is 21.9 Å². The number of aromatic hydroxyl groups is 1. The summed E-state index contributed by atoms with van der Waals surface area (Å²) in [5.41, 5.74) is 10.6. The van der Waals surface area contributed by atoms with Gasteiger partial charge in [0, 0.05) is 13.1 Å². The number of hydrogen-bond donors (Lipinski definition) is 4. The molecule has 0 saturated carbocycles. The molecule has 0 bridgehead atoms. The minimum atomic E-state index is -0.282. The van der Waals surface area contributed by atoms with Gasteiger partial charge in [0.05, 0.1) is 5.56 Å². The van der Waals surface area contributed by atoms with Crippen LogP contribution in [0.15, 0.2) is 29.3 Å². The highest BCUT2D eigenvalue weighted by Gasteiger charge is 2.08. The Labute approximate surface area is 106 Å². The summed E-state index contributed by atoms with van der Waals surface area (Å²) in [7, 11) is 0. The van der Waals surface area contributed by atoms with Gasteiger partial charge in [-0.05, 0) is 25.0 Å². The van der Waals surface area contributed by atoms with Crippen LogP contribution in [0.1, 0.15) is 23.2 Å². The topological polar surface area (TPSA) is 114 Å². The number of nitrogens with two attached hydrogens (primary N) is 2. The first-order chi connectivity index (χ1) is 8.61. The van der Waals surface area contributed by atoms with E-state index in [1.54, 1.807) is 18.2 Å². The first-order valence-electron chi connectivity index (χ1n) is 5.73. The number of phenolic OH excluding ortho intramolecular Hbond substituents is 1. The first kappa shape index (κ1) is 13.8. The number of phenols is 1. The molecule has 18 heavy (non-hydrogen) atoms. The quantitative estimate of drug-likeness (QED) is 0.327. The standard InChI is InChI=1S/C12H18N4O2/c13-12(14)16-8-4-3-7-15-11(18)9-5-1-2-6-10(9)17/h1-2,5-6,17H,3-4,7-8H2,(H,15,18)(H4,13,14,16). The van der Waals surface area contributed by atoms with Crippen LogP contribution in [-0.4, -0.2) is 30.1 Å². The Balaban J connectivity index is 2.26. The molecular formula is C12H18N4O2. The Hall–Kier alpha value is -2.24. The fourth-order valence-electron chi connectivity index (χ4n) is 1.41. The van der Waals surface area contributed by atoms with Crippen LogP contribution in [0, 0.1) is 0 Å². The molecule has 0 unspecified atom stereocenters. The zero-order valence-corrected chi connectivity index (χ0v) is 10.1. The largest absolute Gasteiger partial charge is 0.507 e. The second-order valence-corrected chi connectivity index (χ2v) is 3.79. The lowest BCUT2D eigenvalue weighted by atomic mass is 10.2. The van der Waals surface area contributed by atoms with Crippen LogP contribution in [0.25, 0.3) is 0 Å². The Morgan fingerprint density at radius 1 is 1.28 bits per heavy atom. The van der Waals surface area contributed by atoms with Gasteiger partial charge in [-0.1, -0.05) is 12.1 Å². The maximum atomic E-state index is 11.7. The summed E-state index contributed by atoms with van der Waals surface area (Å²) >= 11 is 0. The number of nitrogens with zero attached hydrogens (tertiary/aromatic N) is 1. The molecule has 6 nitrogen and oxygen atoms in total. The van der Waals surface area contributed by atoms with E-state index < -0.39 is 0 Å². The van der Waals surface area contributed by atoms with Crippen molar-refractivity contribution >= 4 is 11.9 Å². The zero-order valence-electron chi connectivity index (χ0n) is 10.1. The van der Waals surface area contributed by atoms with Crippen molar-refractivity contribution in [2.45, 2.75) is 12.8 Å². The number of unbranched alkanes of at least 4 members (excludes halogenated alkanes) is 1. The predicted molar refractivity (Wildman–Crippen MR) is 70.4 cm³/mol. The van der Waals surface area contributed by atoms with E-state index in [1.165, 1.54) is 6.07 Å². The fourth-order valence-corrected chi connectivity index (χ4v) is 1.41. The molecule has 0 fully saturated rings. The van der Waals surface area contributed by atoms with E-state index in [4.69, 9.17) is 11.5 Å². The lowest BCUT2D eigenvalue weighted by Gasteiger charge is -2.05. The second kappa shape index (κ2) is 7.16. The molecule has 0 aliphatic heterocycles.